The van der Waals surface area contributed by atoms with Crippen LogP contribution >= 0.6 is 0 Å². The molecule has 0 aromatic rings. The standard InChI is InChI=1S/C5H10F2O/c1-2-8-4-3-5(6)7/h5H,2-4H2,1H3. The minimum atomic E-state index is -2.22. The van der Waals surface area contributed by atoms with E-state index >= 15 is 0 Å². The summed E-state index contributed by atoms with van der Waals surface area (Å²) in [5, 5.41) is 0. The quantitative estimate of drug-likeness (QED) is 0.518. The van der Waals surface area contributed by atoms with Crippen LogP contribution in [0.4, 0.5) is 8.78 Å². The summed E-state index contributed by atoms with van der Waals surface area (Å²) in [4.78, 5) is 0. The van der Waals surface area contributed by atoms with Crippen LogP contribution in [0.15, 0.2) is 0 Å². The van der Waals surface area contributed by atoms with Crippen LogP contribution in [-0.4, -0.2) is 19.6 Å². The fourth-order valence-electron chi connectivity index (χ4n) is 0.317. The molecule has 0 heterocycles. The van der Waals surface area contributed by atoms with E-state index in [1.165, 1.54) is 0 Å². The third-order valence-electron chi connectivity index (χ3n) is 0.685. The Bertz CT molecular complexity index is 47.7. The van der Waals surface area contributed by atoms with Gasteiger partial charge in [0.25, 0.3) is 0 Å². The van der Waals surface area contributed by atoms with E-state index in [2.05, 4.69) is 4.74 Å². The molecule has 0 aromatic heterocycles. The second kappa shape index (κ2) is 4.97. The van der Waals surface area contributed by atoms with Gasteiger partial charge in [0.1, 0.15) is 0 Å². The van der Waals surface area contributed by atoms with Crippen LogP contribution in [0.1, 0.15) is 13.3 Å². The van der Waals surface area contributed by atoms with Gasteiger partial charge in [0.05, 0.1) is 6.61 Å². The molecule has 0 fully saturated rings. The van der Waals surface area contributed by atoms with Crippen LogP contribution in [0.2, 0.25) is 0 Å². The maximum atomic E-state index is 11.3. The Labute approximate surface area is 47.6 Å². The zero-order valence-corrected chi connectivity index (χ0v) is 4.86. The molecule has 50 valence electrons. The van der Waals surface area contributed by atoms with Gasteiger partial charge in [-0.2, -0.15) is 0 Å². The average Bonchev–Trinajstić information content (AvgIpc) is 1.66. The van der Waals surface area contributed by atoms with E-state index in [0.717, 1.165) is 0 Å². The molecule has 0 unspecified atom stereocenters. The smallest absolute Gasteiger partial charge is 0.240 e. The van der Waals surface area contributed by atoms with Crippen molar-refractivity contribution in [3.63, 3.8) is 0 Å². The van der Waals surface area contributed by atoms with Crippen molar-refractivity contribution in [2.45, 2.75) is 19.8 Å². The van der Waals surface area contributed by atoms with E-state index in [1.54, 1.807) is 6.92 Å². The van der Waals surface area contributed by atoms with Crippen molar-refractivity contribution < 1.29 is 13.5 Å². The van der Waals surface area contributed by atoms with E-state index in [1.807, 2.05) is 0 Å². The first-order valence-corrected chi connectivity index (χ1v) is 2.63. The molecule has 0 saturated carbocycles. The predicted octanol–water partition coefficient (Wildman–Crippen LogP) is 1.68. The molecule has 0 aliphatic heterocycles. The van der Waals surface area contributed by atoms with Crippen LogP contribution < -0.4 is 0 Å². The predicted molar refractivity (Wildman–Crippen MR) is 27.1 cm³/mol. The lowest BCUT2D eigenvalue weighted by Crippen LogP contribution is -1.99. The number of ether oxygens (including phenoxy) is 1. The summed E-state index contributed by atoms with van der Waals surface area (Å²) in [7, 11) is 0. The van der Waals surface area contributed by atoms with Gasteiger partial charge in [-0.25, -0.2) is 8.78 Å². The number of hydrogen-bond acceptors (Lipinski definition) is 1. The maximum absolute atomic E-state index is 11.3. The minimum absolute atomic E-state index is 0.145. The average molecular weight is 124 g/mol. The van der Waals surface area contributed by atoms with Crippen molar-refractivity contribution in [3.8, 4) is 0 Å². The number of rotatable bonds is 4. The van der Waals surface area contributed by atoms with Crippen molar-refractivity contribution in [1.82, 2.24) is 0 Å². The molecule has 0 atom stereocenters. The van der Waals surface area contributed by atoms with Gasteiger partial charge in [-0.15, -0.1) is 0 Å². The molecular weight excluding hydrogens is 114 g/mol. The number of hydrogen-bond donors (Lipinski definition) is 0. The second-order valence-corrected chi connectivity index (χ2v) is 1.38. The van der Waals surface area contributed by atoms with E-state index in [9.17, 15) is 8.78 Å². The first kappa shape index (κ1) is 7.82. The number of alkyl halides is 2. The molecule has 0 saturated heterocycles. The fourth-order valence-corrected chi connectivity index (χ4v) is 0.317. The molecule has 0 radical (unpaired) electrons. The highest BCUT2D eigenvalue weighted by atomic mass is 19.3. The highest BCUT2D eigenvalue weighted by Gasteiger charge is 1.99. The lowest BCUT2D eigenvalue weighted by molar-refractivity contribution is 0.0722. The Hall–Kier alpha value is -0.180. The molecule has 3 heteroatoms. The summed E-state index contributed by atoms with van der Waals surface area (Å²) in [6.45, 7) is 2.48. The van der Waals surface area contributed by atoms with E-state index in [0.29, 0.717) is 6.61 Å². The van der Waals surface area contributed by atoms with Gasteiger partial charge in [0.2, 0.25) is 6.43 Å². The lowest BCUT2D eigenvalue weighted by Gasteiger charge is -1.97. The zero-order chi connectivity index (χ0) is 6.41. The van der Waals surface area contributed by atoms with Crippen molar-refractivity contribution in [1.29, 1.82) is 0 Å². The summed E-state index contributed by atoms with van der Waals surface area (Å²) in [6.07, 6.45) is -2.37. The first-order chi connectivity index (χ1) is 3.77. The van der Waals surface area contributed by atoms with Crippen LogP contribution in [-0.2, 0) is 4.74 Å². The van der Waals surface area contributed by atoms with Gasteiger partial charge in [-0.1, -0.05) is 0 Å². The van der Waals surface area contributed by atoms with Gasteiger partial charge in [-0.05, 0) is 6.92 Å². The van der Waals surface area contributed by atoms with Gasteiger partial charge < -0.3 is 4.74 Å². The molecule has 0 amide bonds. The molecule has 0 bridgehead atoms. The molecule has 0 aliphatic carbocycles. The van der Waals surface area contributed by atoms with Crippen molar-refractivity contribution in [2.24, 2.45) is 0 Å². The molecule has 0 rings (SSSR count). The minimum Gasteiger partial charge on any atom is -0.382 e. The highest BCUT2D eigenvalue weighted by molar-refractivity contribution is 4.36. The highest BCUT2D eigenvalue weighted by Crippen LogP contribution is 1.97. The third-order valence-corrected chi connectivity index (χ3v) is 0.685. The Kier molecular flexibility index (Phi) is 4.85. The summed E-state index contributed by atoms with van der Waals surface area (Å²) >= 11 is 0. The van der Waals surface area contributed by atoms with Crippen molar-refractivity contribution in [3.05, 3.63) is 0 Å². The molecule has 0 aromatic carbocycles. The van der Waals surface area contributed by atoms with Crippen LogP contribution in [0.5, 0.6) is 0 Å². The van der Waals surface area contributed by atoms with E-state index in [-0.39, 0.29) is 13.0 Å². The summed E-state index contributed by atoms with van der Waals surface area (Å²) in [5.74, 6) is 0. The Morgan fingerprint density at radius 1 is 1.50 bits per heavy atom. The van der Waals surface area contributed by atoms with Crippen molar-refractivity contribution in [2.75, 3.05) is 13.2 Å². The molecular formula is C5H10F2O. The lowest BCUT2D eigenvalue weighted by atomic mass is 10.5. The SMILES string of the molecule is CCOCCC(F)F. The van der Waals surface area contributed by atoms with Gasteiger partial charge in [-0.3, -0.25) is 0 Å². The Balaban J connectivity index is 2.72. The molecule has 0 spiro atoms. The van der Waals surface area contributed by atoms with Gasteiger partial charge in [0.15, 0.2) is 0 Å². The summed E-state index contributed by atoms with van der Waals surface area (Å²) in [6, 6.07) is 0. The second-order valence-electron chi connectivity index (χ2n) is 1.38. The Morgan fingerprint density at radius 3 is 2.50 bits per heavy atom. The van der Waals surface area contributed by atoms with Crippen LogP contribution in [0.25, 0.3) is 0 Å². The van der Waals surface area contributed by atoms with Crippen LogP contribution in [0, 0.1) is 0 Å². The topological polar surface area (TPSA) is 9.23 Å². The normalized spacial score (nSPS) is 10.5. The third kappa shape index (κ3) is 5.82. The van der Waals surface area contributed by atoms with Gasteiger partial charge >= 0.3 is 0 Å². The van der Waals surface area contributed by atoms with Crippen molar-refractivity contribution >= 4 is 0 Å². The zero-order valence-electron chi connectivity index (χ0n) is 4.86. The maximum Gasteiger partial charge on any atom is 0.240 e. The first-order valence-electron chi connectivity index (χ1n) is 2.63. The molecule has 0 aliphatic rings. The van der Waals surface area contributed by atoms with E-state index in [4.69, 9.17) is 0 Å². The van der Waals surface area contributed by atoms with Gasteiger partial charge in [0, 0.05) is 13.0 Å². The van der Waals surface area contributed by atoms with Crippen LogP contribution in [0.3, 0.4) is 0 Å². The molecule has 1 nitrogen and oxygen atoms in total. The monoisotopic (exact) mass is 124 g/mol. The number of halogens is 2. The summed E-state index contributed by atoms with van der Waals surface area (Å²) < 4.78 is 27.2. The fraction of sp³-hybridized carbons (Fsp3) is 1.00. The largest absolute Gasteiger partial charge is 0.382 e. The summed E-state index contributed by atoms with van der Waals surface area (Å²) in [5.41, 5.74) is 0. The van der Waals surface area contributed by atoms with E-state index < -0.39 is 6.43 Å². The molecule has 0 N–H and O–H groups in total. The molecule has 8 heavy (non-hydrogen) atoms. The Morgan fingerprint density at radius 2 is 2.12 bits per heavy atom.